The molecule has 130 valence electrons. The molecule has 5 heteroatoms. The number of pyridine rings is 1. The van der Waals surface area contributed by atoms with Gasteiger partial charge in [0.25, 0.3) is 5.91 Å². The fourth-order valence-electron chi connectivity index (χ4n) is 2.91. The lowest BCUT2D eigenvalue weighted by Gasteiger charge is -2.20. The van der Waals surface area contributed by atoms with Crippen LogP contribution in [0.15, 0.2) is 6.07 Å². The van der Waals surface area contributed by atoms with E-state index in [4.69, 9.17) is 4.98 Å². The molecular formula is C19H28N4O. The van der Waals surface area contributed by atoms with Gasteiger partial charge in [0, 0.05) is 12.2 Å². The molecule has 2 aromatic rings. The number of rotatable bonds is 4. The first-order chi connectivity index (χ1) is 11.2. The second-order valence-corrected chi connectivity index (χ2v) is 8.27. The van der Waals surface area contributed by atoms with Gasteiger partial charge in [-0.2, -0.15) is 5.10 Å². The van der Waals surface area contributed by atoms with Crippen molar-refractivity contribution in [3.05, 3.63) is 23.0 Å². The summed E-state index contributed by atoms with van der Waals surface area (Å²) in [5, 5.41) is 8.65. The van der Waals surface area contributed by atoms with Crippen molar-refractivity contribution in [1.29, 1.82) is 0 Å². The molecule has 0 aliphatic heterocycles. The van der Waals surface area contributed by atoms with Crippen LogP contribution in [0.5, 0.6) is 0 Å². The van der Waals surface area contributed by atoms with Gasteiger partial charge in [0.15, 0.2) is 5.65 Å². The van der Waals surface area contributed by atoms with Crippen LogP contribution in [-0.2, 0) is 5.54 Å². The van der Waals surface area contributed by atoms with E-state index in [1.807, 2.05) is 17.7 Å². The van der Waals surface area contributed by atoms with Crippen LogP contribution in [-0.4, -0.2) is 27.2 Å². The van der Waals surface area contributed by atoms with Gasteiger partial charge in [-0.15, -0.1) is 0 Å². The standard InChI is InChI=1S/C19H28N4O/c1-11(2)15-9-14(18(24)20-10-13-7-8-13)16-12(3)22-23(17(16)21-15)19(4,5)6/h9,11,13H,7-8,10H2,1-6H3,(H,20,24). The van der Waals surface area contributed by atoms with Crippen LogP contribution in [0.25, 0.3) is 11.0 Å². The number of hydrogen-bond donors (Lipinski definition) is 1. The molecule has 0 spiro atoms. The number of aryl methyl sites for hydroxylation is 1. The third kappa shape index (κ3) is 3.17. The lowest BCUT2D eigenvalue weighted by Crippen LogP contribution is -2.26. The van der Waals surface area contributed by atoms with E-state index in [9.17, 15) is 4.79 Å². The van der Waals surface area contributed by atoms with Crippen LogP contribution < -0.4 is 5.32 Å². The molecule has 0 atom stereocenters. The maximum atomic E-state index is 12.8. The van der Waals surface area contributed by atoms with Crippen LogP contribution in [0.2, 0.25) is 0 Å². The monoisotopic (exact) mass is 328 g/mol. The summed E-state index contributed by atoms with van der Waals surface area (Å²) in [5.41, 5.74) is 3.13. The molecule has 0 bridgehead atoms. The molecule has 2 aromatic heterocycles. The maximum absolute atomic E-state index is 12.8. The second kappa shape index (κ2) is 5.87. The Morgan fingerprint density at radius 3 is 2.58 bits per heavy atom. The smallest absolute Gasteiger partial charge is 0.252 e. The molecule has 24 heavy (non-hydrogen) atoms. The number of carbonyl (C=O) groups is 1. The molecular weight excluding hydrogens is 300 g/mol. The van der Waals surface area contributed by atoms with Crippen LogP contribution in [0, 0.1) is 12.8 Å². The summed E-state index contributed by atoms with van der Waals surface area (Å²) in [4.78, 5) is 17.6. The molecule has 0 aromatic carbocycles. The summed E-state index contributed by atoms with van der Waals surface area (Å²) in [5.74, 6) is 0.912. The van der Waals surface area contributed by atoms with E-state index < -0.39 is 0 Å². The largest absolute Gasteiger partial charge is 0.352 e. The lowest BCUT2D eigenvalue weighted by molar-refractivity contribution is 0.0953. The summed E-state index contributed by atoms with van der Waals surface area (Å²) in [6.07, 6.45) is 2.45. The molecule has 0 saturated heterocycles. The fraction of sp³-hybridized carbons (Fsp3) is 0.632. The van der Waals surface area contributed by atoms with Gasteiger partial charge in [-0.1, -0.05) is 13.8 Å². The first-order valence-corrected chi connectivity index (χ1v) is 8.87. The van der Waals surface area contributed by atoms with Crippen molar-refractivity contribution >= 4 is 16.9 Å². The van der Waals surface area contributed by atoms with Crippen LogP contribution in [0.3, 0.4) is 0 Å². The van der Waals surface area contributed by atoms with Gasteiger partial charge in [-0.25, -0.2) is 9.67 Å². The van der Waals surface area contributed by atoms with Crippen molar-refractivity contribution in [2.75, 3.05) is 6.54 Å². The number of fused-ring (bicyclic) bond motifs is 1. The summed E-state index contributed by atoms with van der Waals surface area (Å²) < 4.78 is 1.95. The Bertz CT molecular complexity index is 779. The zero-order valence-corrected chi connectivity index (χ0v) is 15.6. The Morgan fingerprint density at radius 2 is 2.04 bits per heavy atom. The molecule has 1 aliphatic carbocycles. The second-order valence-electron chi connectivity index (χ2n) is 8.27. The Hall–Kier alpha value is -1.91. The van der Waals surface area contributed by atoms with E-state index in [0.717, 1.165) is 29.0 Å². The molecule has 1 aliphatic rings. The van der Waals surface area contributed by atoms with Gasteiger partial charge in [0.1, 0.15) is 0 Å². The van der Waals surface area contributed by atoms with E-state index in [-0.39, 0.29) is 17.4 Å². The minimum Gasteiger partial charge on any atom is -0.352 e. The highest BCUT2D eigenvalue weighted by Crippen LogP contribution is 2.30. The molecule has 0 radical (unpaired) electrons. The number of aromatic nitrogens is 3. The van der Waals surface area contributed by atoms with Crippen molar-refractivity contribution in [3.63, 3.8) is 0 Å². The molecule has 2 heterocycles. The highest BCUT2D eigenvalue weighted by molar-refractivity contribution is 6.06. The molecule has 1 N–H and O–H groups in total. The third-order valence-corrected chi connectivity index (χ3v) is 4.55. The molecule has 5 nitrogen and oxygen atoms in total. The molecule has 1 amide bonds. The molecule has 0 unspecified atom stereocenters. The number of amides is 1. The Balaban J connectivity index is 2.15. The summed E-state index contributed by atoms with van der Waals surface area (Å²) in [7, 11) is 0. The third-order valence-electron chi connectivity index (χ3n) is 4.55. The van der Waals surface area contributed by atoms with Gasteiger partial charge < -0.3 is 5.32 Å². The van der Waals surface area contributed by atoms with E-state index in [0.29, 0.717) is 11.5 Å². The van der Waals surface area contributed by atoms with Gasteiger partial charge in [0.2, 0.25) is 0 Å². The zero-order chi connectivity index (χ0) is 17.6. The van der Waals surface area contributed by atoms with Crippen molar-refractivity contribution in [1.82, 2.24) is 20.1 Å². The van der Waals surface area contributed by atoms with E-state index in [1.165, 1.54) is 12.8 Å². The van der Waals surface area contributed by atoms with Gasteiger partial charge in [0.05, 0.1) is 22.2 Å². The van der Waals surface area contributed by atoms with Gasteiger partial charge >= 0.3 is 0 Å². The maximum Gasteiger partial charge on any atom is 0.252 e. The highest BCUT2D eigenvalue weighted by Gasteiger charge is 2.26. The first-order valence-electron chi connectivity index (χ1n) is 8.87. The predicted octanol–water partition coefficient (Wildman–Crippen LogP) is 3.76. The Labute approximate surface area is 143 Å². The molecule has 3 rings (SSSR count). The number of nitrogens with zero attached hydrogens (tertiary/aromatic N) is 3. The van der Waals surface area contributed by atoms with Crippen LogP contribution in [0.4, 0.5) is 0 Å². The quantitative estimate of drug-likeness (QED) is 0.929. The topological polar surface area (TPSA) is 59.8 Å². The summed E-state index contributed by atoms with van der Waals surface area (Å²) in [6.45, 7) is 13.3. The number of nitrogens with one attached hydrogen (secondary N) is 1. The van der Waals surface area contributed by atoms with E-state index in [1.54, 1.807) is 0 Å². The molecule has 1 fully saturated rings. The van der Waals surface area contributed by atoms with Crippen molar-refractivity contribution in [2.24, 2.45) is 5.92 Å². The van der Waals surface area contributed by atoms with Crippen LogP contribution in [0.1, 0.15) is 75.1 Å². The van der Waals surface area contributed by atoms with Gasteiger partial charge in [-0.05, 0) is 58.4 Å². The van der Waals surface area contributed by atoms with E-state index in [2.05, 4.69) is 45.0 Å². The normalized spacial score (nSPS) is 15.3. The average Bonchev–Trinajstić information content (AvgIpc) is 3.26. The van der Waals surface area contributed by atoms with Crippen molar-refractivity contribution in [3.8, 4) is 0 Å². The zero-order valence-electron chi connectivity index (χ0n) is 15.6. The van der Waals surface area contributed by atoms with Crippen LogP contribution >= 0.6 is 0 Å². The SMILES string of the molecule is Cc1nn(C(C)(C)C)c2nc(C(C)C)cc(C(=O)NCC3CC3)c12. The number of hydrogen-bond acceptors (Lipinski definition) is 3. The Morgan fingerprint density at radius 1 is 1.38 bits per heavy atom. The minimum atomic E-state index is -0.184. The van der Waals surface area contributed by atoms with Gasteiger partial charge in [-0.3, -0.25) is 4.79 Å². The fourth-order valence-corrected chi connectivity index (χ4v) is 2.91. The average molecular weight is 328 g/mol. The minimum absolute atomic E-state index is 0.00670. The highest BCUT2D eigenvalue weighted by atomic mass is 16.1. The lowest BCUT2D eigenvalue weighted by atomic mass is 10.0. The molecule has 1 saturated carbocycles. The van der Waals surface area contributed by atoms with E-state index >= 15 is 0 Å². The Kier molecular flexibility index (Phi) is 4.14. The predicted molar refractivity (Wildman–Crippen MR) is 96.4 cm³/mol. The number of carbonyl (C=O) groups excluding carboxylic acids is 1. The van der Waals surface area contributed by atoms with Crippen molar-refractivity contribution in [2.45, 2.75) is 65.8 Å². The first kappa shape index (κ1) is 16.9. The summed E-state index contributed by atoms with van der Waals surface area (Å²) in [6, 6.07) is 1.94. The summed E-state index contributed by atoms with van der Waals surface area (Å²) >= 11 is 0. The van der Waals surface area contributed by atoms with Crippen molar-refractivity contribution < 1.29 is 4.79 Å².